The molecule has 446 valence electrons. The lowest BCUT2D eigenvalue weighted by molar-refractivity contribution is -0.135. The zero-order chi connectivity index (χ0) is 60.8. The third-order valence-electron chi connectivity index (χ3n) is 15.2. The van der Waals surface area contributed by atoms with Gasteiger partial charge in [0, 0.05) is 59.6 Å². The molecule has 1 saturated heterocycles. The number of benzene rings is 2. The Labute approximate surface area is 486 Å². The first-order valence-corrected chi connectivity index (χ1v) is 28.5. The third-order valence-corrected chi connectivity index (χ3v) is 15.2. The summed E-state index contributed by atoms with van der Waals surface area (Å²) in [7, 11) is 2.02. The van der Waals surface area contributed by atoms with Crippen LogP contribution in [0.1, 0.15) is 144 Å². The Hall–Kier alpha value is -7.57. The number of likely N-dealkylation sites (tertiary alicyclic amines) is 1. The van der Waals surface area contributed by atoms with Gasteiger partial charge in [0.25, 0.3) is 0 Å². The highest BCUT2D eigenvalue weighted by molar-refractivity contribution is 5.94. The van der Waals surface area contributed by atoms with Gasteiger partial charge >= 0.3 is 0 Å². The first-order chi connectivity index (χ1) is 39.0. The molecular weight excluding hydrogens is 1040 g/mol. The number of hydrogen-bond donors (Lipinski definition) is 7. The molecule has 1 fully saturated rings. The van der Waals surface area contributed by atoms with E-state index in [4.69, 9.17) is 25.0 Å². The summed E-state index contributed by atoms with van der Waals surface area (Å²) in [5.74, 6) is 0.601. The lowest BCUT2D eigenvalue weighted by atomic mass is 9.80. The van der Waals surface area contributed by atoms with E-state index in [1.54, 1.807) is 6.92 Å². The van der Waals surface area contributed by atoms with E-state index in [0.717, 1.165) is 95.0 Å². The molecule has 0 bridgehead atoms. The average molecular weight is 1130 g/mol. The van der Waals surface area contributed by atoms with Crippen molar-refractivity contribution in [3.05, 3.63) is 142 Å². The van der Waals surface area contributed by atoms with Crippen molar-refractivity contribution < 1.29 is 38.2 Å². The molecule has 18 heteroatoms. The highest BCUT2D eigenvalue weighted by Crippen LogP contribution is 2.50. The zero-order valence-corrected chi connectivity index (χ0v) is 50.2. The van der Waals surface area contributed by atoms with Crippen LogP contribution < -0.4 is 38.5 Å². The van der Waals surface area contributed by atoms with E-state index in [-0.39, 0.29) is 68.2 Å². The normalized spacial score (nSPS) is 16.9. The highest BCUT2D eigenvalue weighted by atomic mass is 16.5. The number of aryl methyl sites for hydroxylation is 3. The van der Waals surface area contributed by atoms with Gasteiger partial charge in [-0.2, -0.15) is 0 Å². The molecule has 5 aliphatic rings. The number of rotatable bonds is 20. The van der Waals surface area contributed by atoms with Gasteiger partial charge in [0.2, 0.25) is 35.9 Å². The lowest BCUT2D eigenvalue weighted by Gasteiger charge is -2.37. The topological polar surface area (TPSA) is 266 Å². The van der Waals surface area contributed by atoms with Crippen molar-refractivity contribution in [1.29, 1.82) is 0 Å². The van der Waals surface area contributed by atoms with Crippen molar-refractivity contribution in [2.45, 2.75) is 145 Å². The predicted molar refractivity (Wildman–Crippen MR) is 325 cm³/mol. The van der Waals surface area contributed by atoms with Crippen molar-refractivity contribution in [2.75, 3.05) is 40.0 Å². The second-order valence-corrected chi connectivity index (χ2v) is 22.4. The number of nitrogens with one attached hydrogen (secondary N) is 4. The molecule has 3 aromatic rings. The Morgan fingerprint density at radius 1 is 0.988 bits per heavy atom. The molecule has 3 atom stereocenters. The van der Waals surface area contributed by atoms with Gasteiger partial charge in [-0.15, -0.1) is 0 Å². The molecule has 2 aromatic carbocycles. The van der Waals surface area contributed by atoms with Crippen molar-refractivity contribution in [2.24, 2.45) is 34.5 Å². The first-order valence-electron chi connectivity index (χ1n) is 28.5. The molecule has 1 aromatic heterocycles. The van der Waals surface area contributed by atoms with Gasteiger partial charge in [0.05, 0.1) is 35.3 Å². The molecule has 6 amide bonds. The molecule has 5 heterocycles. The van der Waals surface area contributed by atoms with Crippen LogP contribution in [0.2, 0.25) is 0 Å². The summed E-state index contributed by atoms with van der Waals surface area (Å²) in [4.78, 5) is 76.7. The summed E-state index contributed by atoms with van der Waals surface area (Å²) in [6.07, 6.45) is 11.3. The number of nitrogens with two attached hydrogens (primary N) is 3. The molecule has 0 saturated carbocycles. The van der Waals surface area contributed by atoms with Crippen LogP contribution in [-0.2, 0) is 57.6 Å². The number of pyridine rings is 1. The molecule has 0 spiro atoms. The number of primary amides is 2. The van der Waals surface area contributed by atoms with Crippen LogP contribution in [0.4, 0.5) is 0 Å². The number of carbonyl (C=O) groups is 6. The molecule has 82 heavy (non-hydrogen) atoms. The first kappa shape index (κ1) is 66.9. The molecule has 4 aliphatic heterocycles. The monoisotopic (exact) mass is 1130 g/mol. The third kappa shape index (κ3) is 18.5. The van der Waals surface area contributed by atoms with E-state index in [0.29, 0.717) is 43.5 Å². The zero-order valence-electron chi connectivity index (χ0n) is 50.2. The predicted octanol–water partition coefficient (Wildman–Crippen LogP) is 7.98. The van der Waals surface area contributed by atoms with Gasteiger partial charge in [0.15, 0.2) is 0 Å². The molecular formula is C64H92N10O8. The van der Waals surface area contributed by atoms with Crippen LogP contribution in [0.3, 0.4) is 0 Å². The quantitative estimate of drug-likeness (QED) is 0.0419. The van der Waals surface area contributed by atoms with Gasteiger partial charge in [-0.25, -0.2) is 4.98 Å². The minimum atomic E-state index is -0.736. The van der Waals surface area contributed by atoms with Crippen molar-refractivity contribution in [1.82, 2.24) is 36.1 Å². The van der Waals surface area contributed by atoms with Gasteiger partial charge in [0.1, 0.15) is 26.0 Å². The number of ether oxygens (including phenoxy) is 2. The fraction of sp³-hybridized carbons (Fsp3) is 0.484. The Morgan fingerprint density at radius 3 is 2.28 bits per heavy atom. The van der Waals surface area contributed by atoms with Gasteiger partial charge < -0.3 is 57.7 Å². The van der Waals surface area contributed by atoms with E-state index in [2.05, 4.69) is 137 Å². The van der Waals surface area contributed by atoms with Crippen molar-refractivity contribution >= 4 is 52.5 Å². The highest BCUT2D eigenvalue weighted by Gasteiger charge is 2.41. The smallest absolute Gasteiger partial charge is 0.249 e. The van der Waals surface area contributed by atoms with Crippen LogP contribution in [0.25, 0.3) is 16.6 Å². The van der Waals surface area contributed by atoms with E-state index >= 15 is 0 Å². The number of nitrogens with zero attached hydrogens (tertiary/aromatic N) is 3. The summed E-state index contributed by atoms with van der Waals surface area (Å²) in [5, 5.41) is 13.0. The molecule has 0 radical (unpaired) electrons. The summed E-state index contributed by atoms with van der Waals surface area (Å²) < 4.78 is 11.8. The maximum atomic E-state index is 13.6. The van der Waals surface area contributed by atoms with Crippen LogP contribution in [-0.4, -0.2) is 96.9 Å². The Balaban J connectivity index is 0.000000357. The van der Waals surface area contributed by atoms with Crippen LogP contribution in [0, 0.1) is 31.1 Å². The lowest BCUT2D eigenvalue weighted by Crippen LogP contribution is -2.40. The van der Waals surface area contributed by atoms with Gasteiger partial charge in [-0.05, 0) is 142 Å². The van der Waals surface area contributed by atoms with Gasteiger partial charge in [-0.3, -0.25) is 28.8 Å². The minimum Gasteiger partial charge on any atom is -0.493 e. The molecule has 10 N–H and O–H groups in total. The molecule has 18 nitrogen and oxygen atoms in total. The maximum absolute atomic E-state index is 13.6. The summed E-state index contributed by atoms with van der Waals surface area (Å²) in [6.45, 7) is 35.4. The molecule has 3 unspecified atom stereocenters. The fourth-order valence-electron chi connectivity index (χ4n) is 10.6. The number of fused-ring (bicyclic) bond motifs is 4. The van der Waals surface area contributed by atoms with E-state index in [9.17, 15) is 24.0 Å². The Morgan fingerprint density at radius 2 is 1.67 bits per heavy atom. The SMILES string of the molecule is C=C1CCC(=O)N1CC(=O)NCCC(N)=O.C=C1OCC2=C(C=C3c4nc5cc(C)c(C)c6c5c(c4CN3C2=C)C(NC(=O)C(C)OCNC(=O)CCCc2ccccc2)CC6)C1CC.C=CN.CNCC(C)(C)CCC(C)C.NC=O. The second kappa shape index (κ2) is 32.2. The second-order valence-electron chi connectivity index (χ2n) is 22.4. The Kier molecular flexibility index (Phi) is 26.3. The standard InChI is InChI=1S/C41H46N4O4.C10H15N3O3.C10H23N.C2H5N.CH3NO/c1-7-29-26(5)48-21-33-25(4)45-20-32-39-34(44-41(47)27(6)49-22-42-37(46)15-11-14-28-12-9-8-10-13-28)17-16-30-24(3)23(2)18-35(38(30)39)43-40(32)36(45)19-31(29)33;1-7-2-3-10(16)13(7)6-9(15)12-5-4-8(11)14;1-9(2)6-7-10(3,4)8-11-5;1-2-3;2-1-3/h8-10,12-13,18-19,27,29,34H,4-5,7,11,14-17,20-22H2,1-3,6H3,(H,42,46)(H,44,47);1-6H2,(H2,11,14)(H,12,15);9,11H,6-8H2,1-5H3;2H,1,3H2;1H,(H2,2,3). The number of hydrogen-bond acceptors (Lipinski definition) is 12. The van der Waals surface area contributed by atoms with E-state index in [1.807, 2.05) is 25.2 Å². The summed E-state index contributed by atoms with van der Waals surface area (Å²) >= 11 is 0. The maximum Gasteiger partial charge on any atom is 0.249 e. The number of aromatic nitrogens is 1. The van der Waals surface area contributed by atoms with Crippen molar-refractivity contribution in [3.63, 3.8) is 0 Å². The fourth-order valence-corrected chi connectivity index (χ4v) is 10.6. The van der Waals surface area contributed by atoms with Crippen LogP contribution in [0.15, 0.2) is 103 Å². The van der Waals surface area contributed by atoms with Crippen LogP contribution in [0.5, 0.6) is 0 Å². The Bertz CT molecular complexity index is 2850. The summed E-state index contributed by atoms with van der Waals surface area (Å²) in [5.41, 5.74) is 28.4. The van der Waals surface area contributed by atoms with Crippen molar-refractivity contribution in [3.8, 4) is 0 Å². The number of amides is 6. The largest absolute Gasteiger partial charge is 0.493 e. The summed E-state index contributed by atoms with van der Waals surface area (Å²) in [6, 6.07) is 12.1. The van der Waals surface area contributed by atoms with Crippen LogP contribution >= 0.6 is 0 Å². The average Bonchev–Trinajstić information content (AvgIpc) is 2.23. The van der Waals surface area contributed by atoms with E-state index in [1.165, 1.54) is 51.8 Å². The molecule has 1 aliphatic carbocycles. The minimum absolute atomic E-state index is 0.0165. The molecule has 8 rings (SSSR count). The van der Waals surface area contributed by atoms with Gasteiger partial charge in [-0.1, -0.05) is 97.7 Å². The number of allylic oxidation sites excluding steroid dienone is 3. The van der Waals surface area contributed by atoms with E-state index < -0.39 is 12.0 Å². The number of carbonyl (C=O) groups excluding carboxylic acids is 6.